The third-order valence-corrected chi connectivity index (χ3v) is 11.7. The Morgan fingerprint density at radius 3 is 2.47 bits per heavy atom. The Kier molecular flexibility index (Phi) is 11.1. The zero-order valence-corrected chi connectivity index (χ0v) is 32.1. The van der Waals surface area contributed by atoms with Gasteiger partial charge in [-0.3, -0.25) is 14.5 Å². The number of ether oxygens (including phenoxy) is 1. The minimum Gasteiger partial charge on any atom is -0.481 e. The number of carboxylic acid groups (broad SMARTS) is 1. The first-order chi connectivity index (χ1) is 25.6. The van der Waals surface area contributed by atoms with Gasteiger partial charge >= 0.3 is 5.97 Å². The van der Waals surface area contributed by atoms with E-state index in [0.29, 0.717) is 72.0 Å². The Labute approximate surface area is 322 Å². The molecule has 0 aliphatic carbocycles. The number of halogens is 2. The molecule has 0 spiro atoms. The summed E-state index contributed by atoms with van der Waals surface area (Å²) in [5, 5.41) is 21.2. The molecule has 0 saturated carbocycles. The van der Waals surface area contributed by atoms with E-state index in [0.717, 1.165) is 68.2 Å². The van der Waals surface area contributed by atoms with Crippen LogP contribution in [-0.4, -0.2) is 69.6 Å². The van der Waals surface area contributed by atoms with Crippen molar-refractivity contribution in [3.05, 3.63) is 80.4 Å². The fraction of sp³-hybridized carbons (Fsp3) is 0.359. The van der Waals surface area contributed by atoms with Crippen LogP contribution in [0.1, 0.15) is 47.5 Å². The van der Waals surface area contributed by atoms with Gasteiger partial charge in [0.25, 0.3) is 0 Å². The number of hydrogen-bond donors (Lipinski definition) is 4. The van der Waals surface area contributed by atoms with Crippen molar-refractivity contribution in [2.45, 2.75) is 58.7 Å². The van der Waals surface area contributed by atoms with E-state index >= 15 is 0 Å². The predicted molar refractivity (Wildman–Crippen MR) is 210 cm³/mol. The topological polar surface area (TPSA) is 142 Å². The highest BCUT2D eigenvalue weighted by molar-refractivity contribution is 7.18. The van der Waals surface area contributed by atoms with Crippen LogP contribution in [0.4, 0.5) is 11.5 Å². The van der Waals surface area contributed by atoms with Crippen molar-refractivity contribution in [1.29, 1.82) is 0 Å². The molecular formula is C39H41Cl2N7O4S. The second-order valence-electron chi connectivity index (χ2n) is 13.7. The number of benzene rings is 2. The van der Waals surface area contributed by atoms with Gasteiger partial charge in [-0.25, -0.2) is 15.0 Å². The van der Waals surface area contributed by atoms with Crippen LogP contribution in [0.15, 0.2) is 48.5 Å². The fourth-order valence-corrected chi connectivity index (χ4v) is 8.78. The number of fused-ring (bicyclic) bond motifs is 1. The summed E-state index contributed by atoms with van der Waals surface area (Å²) in [6, 6.07) is 15.8. The van der Waals surface area contributed by atoms with Gasteiger partial charge in [0.2, 0.25) is 11.8 Å². The largest absolute Gasteiger partial charge is 0.481 e. The molecule has 2 aliphatic heterocycles. The van der Waals surface area contributed by atoms with Crippen LogP contribution in [0.5, 0.6) is 5.88 Å². The smallest absolute Gasteiger partial charge is 0.306 e. The van der Waals surface area contributed by atoms with Gasteiger partial charge in [-0.05, 0) is 70.0 Å². The molecular weight excluding hydrogens is 733 g/mol. The van der Waals surface area contributed by atoms with E-state index in [9.17, 15) is 14.7 Å². The van der Waals surface area contributed by atoms with Gasteiger partial charge < -0.3 is 25.8 Å². The van der Waals surface area contributed by atoms with Gasteiger partial charge in [0, 0.05) is 53.5 Å². The van der Waals surface area contributed by atoms with Gasteiger partial charge in [-0.1, -0.05) is 53.5 Å². The number of hydrogen-bond acceptors (Lipinski definition) is 10. The van der Waals surface area contributed by atoms with E-state index in [2.05, 4.69) is 20.9 Å². The second-order valence-corrected chi connectivity index (χ2v) is 15.5. The molecule has 0 bridgehead atoms. The minimum atomic E-state index is -0.712. The first-order valence-electron chi connectivity index (χ1n) is 17.7. The van der Waals surface area contributed by atoms with Crippen LogP contribution in [0.3, 0.4) is 0 Å². The number of nitrogens with one attached hydrogen (secondary N) is 3. The number of carbonyl (C=O) groups excluding carboxylic acids is 1. The number of nitrogens with zero attached hydrogens (tertiary/aromatic N) is 4. The number of carboxylic acids is 1. The lowest BCUT2D eigenvalue weighted by atomic mass is 9.97. The van der Waals surface area contributed by atoms with Crippen molar-refractivity contribution < 1.29 is 19.4 Å². The Morgan fingerprint density at radius 1 is 1.02 bits per heavy atom. The Bertz CT molecular complexity index is 2190. The summed E-state index contributed by atoms with van der Waals surface area (Å²) >= 11 is 15.9. The normalized spacial score (nSPS) is 16.6. The first kappa shape index (κ1) is 37.0. The molecule has 5 aromatic rings. The molecule has 53 heavy (non-hydrogen) atoms. The zero-order valence-electron chi connectivity index (χ0n) is 29.8. The average molecular weight is 775 g/mol. The van der Waals surface area contributed by atoms with Crippen molar-refractivity contribution in [3.63, 3.8) is 0 Å². The van der Waals surface area contributed by atoms with Gasteiger partial charge in [0.15, 0.2) is 5.82 Å². The van der Waals surface area contributed by atoms with Crippen LogP contribution >= 0.6 is 34.5 Å². The summed E-state index contributed by atoms with van der Waals surface area (Å²) in [5.74, 6) is 0.236. The molecule has 3 aromatic heterocycles. The van der Waals surface area contributed by atoms with E-state index in [4.69, 9.17) is 42.9 Å². The summed E-state index contributed by atoms with van der Waals surface area (Å²) in [5.41, 5.74) is 7.16. The lowest BCUT2D eigenvalue weighted by Crippen LogP contribution is -2.35. The molecule has 7 rings (SSSR count). The lowest BCUT2D eigenvalue weighted by Gasteiger charge is -2.29. The summed E-state index contributed by atoms with van der Waals surface area (Å²) in [7, 11) is 1.61. The van der Waals surface area contributed by atoms with Gasteiger partial charge in [0.1, 0.15) is 10.5 Å². The first-order valence-corrected chi connectivity index (χ1v) is 19.3. The minimum absolute atomic E-state index is 0.0965. The SMILES string of the molecule is COc1nc(-c2cccc(-c3cccc(Nc4nc(C)cc5sc(CN6CCC(C(=O)O)CC6)nc45)c3Cl)c2Cl)cc(C)c1CNC[C@@H]1CCC(=O)N1. The van der Waals surface area contributed by atoms with Crippen molar-refractivity contribution in [1.82, 2.24) is 30.5 Å². The number of piperidine rings is 1. The Balaban J connectivity index is 1.12. The van der Waals surface area contributed by atoms with Crippen molar-refractivity contribution in [3.8, 4) is 28.3 Å². The summed E-state index contributed by atoms with van der Waals surface area (Å²) in [6.45, 7) is 7.33. The van der Waals surface area contributed by atoms with Crippen LogP contribution in [0.2, 0.25) is 10.0 Å². The van der Waals surface area contributed by atoms with Crippen LogP contribution in [0.25, 0.3) is 32.6 Å². The predicted octanol–water partition coefficient (Wildman–Crippen LogP) is 7.76. The maximum atomic E-state index is 11.6. The molecule has 4 N–H and O–H groups in total. The quantitative estimate of drug-likeness (QED) is 0.0994. The molecule has 2 fully saturated rings. The molecule has 2 saturated heterocycles. The Hall–Kier alpha value is -4.33. The van der Waals surface area contributed by atoms with Gasteiger partial charge in [-0.15, -0.1) is 11.3 Å². The van der Waals surface area contributed by atoms with Crippen LogP contribution in [0, 0.1) is 19.8 Å². The lowest BCUT2D eigenvalue weighted by molar-refractivity contribution is -0.143. The molecule has 14 heteroatoms. The molecule has 0 radical (unpaired) electrons. The van der Waals surface area contributed by atoms with Crippen LogP contribution in [-0.2, 0) is 22.7 Å². The van der Waals surface area contributed by atoms with E-state index in [1.165, 1.54) is 0 Å². The highest BCUT2D eigenvalue weighted by Crippen LogP contribution is 2.43. The van der Waals surface area contributed by atoms with Crippen molar-refractivity contribution in [2.24, 2.45) is 5.92 Å². The van der Waals surface area contributed by atoms with E-state index < -0.39 is 5.97 Å². The number of amides is 1. The number of rotatable bonds is 12. The average Bonchev–Trinajstić information content (AvgIpc) is 3.75. The number of thiazole rings is 1. The van der Waals surface area contributed by atoms with Gasteiger partial charge in [-0.2, -0.15) is 0 Å². The van der Waals surface area contributed by atoms with E-state index in [1.807, 2.05) is 62.4 Å². The maximum absolute atomic E-state index is 11.6. The number of methoxy groups -OCH3 is 1. The molecule has 1 amide bonds. The third kappa shape index (κ3) is 8.12. The summed E-state index contributed by atoms with van der Waals surface area (Å²) in [4.78, 5) is 39.9. The van der Waals surface area contributed by atoms with Crippen molar-refractivity contribution in [2.75, 3.05) is 32.1 Å². The Morgan fingerprint density at radius 2 is 1.75 bits per heavy atom. The number of pyridine rings is 2. The summed E-state index contributed by atoms with van der Waals surface area (Å²) in [6.07, 6.45) is 2.69. The molecule has 1 atom stereocenters. The highest BCUT2D eigenvalue weighted by atomic mass is 35.5. The van der Waals surface area contributed by atoms with Crippen molar-refractivity contribution >= 4 is 68.1 Å². The number of likely N-dealkylation sites (tertiary alicyclic amines) is 1. The molecule has 276 valence electrons. The second kappa shape index (κ2) is 16.0. The fourth-order valence-electron chi connectivity index (χ4n) is 7.08. The third-order valence-electron chi connectivity index (χ3n) is 9.94. The number of aliphatic carboxylic acids is 1. The number of aromatic nitrogens is 3. The monoisotopic (exact) mass is 773 g/mol. The maximum Gasteiger partial charge on any atom is 0.306 e. The molecule has 5 heterocycles. The zero-order chi connectivity index (χ0) is 37.2. The van der Waals surface area contributed by atoms with Gasteiger partial charge in [0.05, 0.1) is 45.7 Å². The molecule has 0 unspecified atom stereocenters. The highest BCUT2D eigenvalue weighted by Gasteiger charge is 2.26. The number of anilines is 2. The molecule has 11 nitrogen and oxygen atoms in total. The molecule has 2 aliphatic rings. The number of aryl methyl sites for hydroxylation is 2. The number of carbonyl (C=O) groups is 2. The van der Waals surface area contributed by atoms with E-state index in [1.54, 1.807) is 18.4 Å². The van der Waals surface area contributed by atoms with Crippen LogP contribution < -0.4 is 20.7 Å². The standard InChI is InChI=1S/C39H41Cl2N7O4S/c1-21-16-30(46-38(52-3)28(21)19-42-18-24-10-11-32(49)44-24)27-8-4-6-25(34(27)40)26-7-5-9-29(35(26)41)45-37-36-31(17-22(2)43-37)53-33(47-36)20-48-14-12-23(13-15-48)39(50)51/h4-9,16-17,23-24,42H,10-15,18-20H2,1-3H3,(H,43,45)(H,44,49)(H,50,51)/t24-/m0/s1. The molecule has 2 aromatic carbocycles. The van der Waals surface area contributed by atoms with E-state index in [-0.39, 0.29) is 17.9 Å². The summed E-state index contributed by atoms with van der Waals surface area (Å²) < 4.78 is 6.75.